The maximum Gasteiger partial charge on any atom is 0.0164 e. The van der Waals surface area contributed by atoms with E-state index in [1.807, 2.05) is 12.2 Å². The van der Waals surface area contributed by atoms with Crippen LogP contribution >= 0.6 is 0 Å². The molecule has 0 aromatic rings. The maximum absolute atomic E-state index is 3.83. The molecule has 0 saturated heterocycles. The van der Waals surface area contributed by atoms with E-state index in [9.17, 15) is 0 Å². The second-order valence-electron chi connectivity index (χ2n) is 4.76. The lowest BCUT2D eigenvalue weighted by Gasteiger charge is -2.37. The lowest BCUT2D eigenvalue weighted by atomic mass is 9.81. The highest BCUT2D eigenvalue weighted by Gasteiger charge is 2.27. The van der Waals surface area contributed by atoms with Crippen molar-refractivity contribution in [3.05, 3.63) is 25.3 Å². The average Bonchev–Trinajstić information content (AvgIpc) is 2.35. The van der Waals surface area contributed by atoms with E-state index in [2.05, 4.69) is 44.1 Å². The highest BCUT2D eigenvalue weighted by molar-refractivity contribution is 4.87. The number of nitrogens with zero attached hydrogens (tertiary/aromatic N) is 1. The van der Waals surface area contributed by atoms with Gasteiger partial charge < -0.3 is 5.32 Å². The lowest BCUT2D eigenvalue weighted by Crippen LogP contribution is -2.43. The number of nitrogens with one attached hydrogen (secondary N) is 1. The molecule has 0 atom stereocenters. The van der Waals surface area contributed by atoms with Crippen molar-refractivity contribution < 1.29 is 0 Å². The molecule has 2 nitrogen and oxygen atoms in total. The first-order valence-electron chi connectivity index (χ1n) is 6.82. The zero-order valence-electron chi connectivity index (χ0n) is 12.0. The predicted molar refractivity (Wildman–Crippen MR) is 78.4 cm³/mol. The molecule has 0 bridgehead atoms. The Hall–Kier alpha value is -0.600. The lowest BCUT2D eigenvalue weighted by molar-refractivity contribution is 0.154. The predicted octanol–water partition coefficient (Wildman–Crippen LogP) is 3.08. The minimum Gasteiger partial charge on any atom is -0.316 e. The van der Waals surface area contributed by atoms with Gasteiger partial charge in [-0.05, 0) is 24.8 Å². The van der Waals surface area contributed by atoms with E-state index in [1.165, 1.54) is 12.8 Å². The summed E-state index contributed by atoms with van der Waals surface area (Å²) in [4.78, 5) is 2.42. The Morgan fingerprint density at radius 3 is 1.94 bits per heavy atom. The molecule has 0 radical (unpaired) electrons. The van der Waals surface area contributed by atoms with Gasteiger partial charge in [-0.25, -0.2) is 0 Å². The molecule has 1 N–H and O–H groups in total. The fraction of sp³-hybridized carbons (Fsp3) is 0.733. The van der Waals surface area contributed by atoms with Gasteiger partial charge in [0.05, 0.1) is 0 Å². The van der Waals surface area contributed by atoms with Crippen LogP contribution < -0.4 is 5.32 Å². The standard InChI is InChI=1S/C15H30N2/c1-6-11-17(12-7-2)14-15(8-3,9-4)13-16-10-5/h6-7,16H,1-2,8-14H2,3-5H3. The van der Waals surface area contributed by atoms with Crippen molar-refractivity contribution in [3.8, 4) is 0 Å². The van der Waals surface area contributed by atoms with Crippen molar-refractivity contribution in [1.29, 1.82) is 0 Å². The Bertz CT molecular complexity index is 197. The van der Waals surface area contributed by atoms with E-state index in [-0.39, 0.29) is 0 Å². The summed E-state index contributed by atoms with van der Waals surface area (Å²) in [5.74, 6) is 0. The van der Waals surface area contributed by atoms with Gasteiger partial charge >= 0.3 is 0 Å². The largest absolute Gasteiger partial charge is 0.316 e. The van der Waals surface area contributed by atoms with Crippen LogP contribution in [-0.4, -0.2) is 37.6 Å². The summed E-state index contributed by atoms with van der Waals surface area (Å²) in [5.41, 5.74) is 0.377. The van der Waals surface area contributed by atoms with Crippen molar-refractivity contribution in [2.75, 3.05) is 32.7 Å². The van der Waals surface area contributed by atoms with Crippen LogP contribution in [0.15, 0.2) is 25.3 Å². The Balaban J connectivity index is 4.54. The molecule has 0 aliphatic heterocycles. The molecule has 0 rings (SSSR count). The first-order valence-corrected chi connectivity index (χ1v) is 6.82. The Morgan fingerprint density at radius 2 is 1.59 bits per heavy atom. The maximum atomic E-state index is 3.83. The summed E-state index contributed by atoms with van der Waals surface area (Å²) >= 11 is 0. The van der Waals surface area contributed by atoms with Crippen LogP contribution in [0.5, 0.6) is 0 Å². The van der Waals surface area contributed by atoms with Crippen LogP contribution in [0.2, 0.25) is 0 Å². The molecule has 0 saturated carbocycles. The van der Waals surface area contributed by atoms with Gasteiger partial charge in [-0.1, -0.05) is 32.9 Å². The zero-order chi connectivity index (χ0) is 13.1. The minimum absolute atomic E-state index is 0.377. The van der Waals surface area contributed by atoms with Crippen molar-refractivity contribution in [2.24, 2.45) is 5.41 Å². The van der Waals surface area contributed by atoms with Gasteiger partial charge in [0.25, 0.3) is 0 Å². The third-order valence-electron chi connectivity index (χ3n) is 3.58. The molecular formula is C15H30N2. The van der Waals surface area contributed by atoms with Crippen LogP contribution in [0.4, 0.5) is 0 Å². The van der Waals surface area contributed by atoms with E-state index in [0.29, 0.717) is 5.41 Å². The van der Waals surface area contributed by atoms with Crippen LogP contribution in [-0.2, 0) is 0 Å². The third kappa shape index (κ3) is 6.04. The highest BCUT2D eigenvalue weighted by atomic mass is 15.1. The molecule has 0 aliphatic carbocycles. The van der Waals surface area contributed by atoms with Crippen LogP contribution in [0, 0.1) is 5.41 Å². The topological polar surface area (TPSA) is 15.3 Å². The normalized spacial score (nSPS) is 11.8. The van der Waals surface area contributed by atoms with Crippen LogP contribution in [0.25, 0.3) is 0 Å². The molecule has 0 heterocycles. The van der Waals surface area contributed by atoms with Crippen molar-refractivity contribution in [2.45, 2.75) is 33.6 Å². The number of hydrogen-bond donors (Lipinski definition) is 1. The highest BCUT2D eigenvalue weighted by Crippen LogP contribution is 2.26. The summed E-state index contributed by atoms with van der Waals surface area (Å²) in [6.07, 6.45) is 6.38. The van der Waals surface area contributed by atoms with Gasteiger partial charge in [0.1, 0.15) is 0 Å². The summed E-state index contributed by atoms with van der Waals surface area (Å²) < 4.78 is 0. The van der Waals surface area contributed by atoms with Gasteiger partial charge in [-0.3, -0.25) is 4.90 Å². The molecule has 0 amide bonds. The number of rotatable bonds is 11. The fourth-order valence-corrected chi connectivity index (χ4v) is 2.21. The smallest absolute Gasteiger partial charge is 0.0164 e. The Labute approximate surface area is 108 Å². The SMILES string of the molecule is C=CCN(CC=C)CC(CC)(CC)CNCC. The van der Waals surface area contributed by atoms with Gasteiger partial charge in [0.2, 0.25) is 0 Å². The number of hydrogen-bond acceptors (Lipinski definition) is 2. The van der Waals surface area contributed by atoms with Gasteiger partial charge in [-0.2, -0.15) is 0 Å². The van der Waals surface area contributed by atoms with Crippen LogP contribution in [0.3, 0.4) is 0 Å². The third-order valence-corrected chi connectivity index (χ3v) is 3.58. The quantitative estimate of drug-likeness (QED) is 0.557. The zero-order valence-corrected chi connectivity index (χ0v) is 12.0. The molecule has 0 aromatic carbocycles. The fourth-order valence-electron chi connectivity index (χ4n) is 2.21. The Morgan fingerprint density at radius 1 is 1.06 bits per heavy atom. The van der Waals surface area contributed by atoms with E-state index in [1.54, 1.807) is 0 Å². The second kappa shape index (κ2) is 9.43. The molecule has 0 unspecified atom stereocenters. The van der Waals surface area contributed by atoms with E-state index in [4.69, 9.17) is 0 Å². The van der Waals surface area contributed by atoms with Crippen molar-refractivity contribution >= 4 is 0 Å². The Kier molecular flexibility index (Phi) is 9.10. The van der Waals surface area contributed by atoms with Gasteiger partial charge in [0.15, 0.2) is 0 Å². The second-order valence-corrected chi connectivity index (χ2v) is 4.76. The van der Waals surface area contributed by atoms with Crippen molar-refractivity contribution in [3.63, 3.8) is 0 Å². The van der Waals surface area contributed by atoms with Gasteiger partial charge in [-0.15, -0.1) is 13.2 Å². The molecule has 0 spiro atoms. The summed E-state index contributed by atoms with van der Waals surface area (Å²) in [5, 5.41) is 3.50. The molecule has 0 aliphatic rings. The van der Waals surface area contributed by atoms with Gasteiger partial charge in [0, 0.05) is 26.2 Å². The van der Waals surface area contributed by atoms with Crippen LogP contribution in [0.1, 0.15) is 33.6 Å². The summed E-state index contributed by atoms with van der Waals surface area (Å²) in [6.45, 7) is 19.6. The van der Waals surface area contributed by atoms with Crippen molar-refractivity contribution in [1.82, 2.24) is 10.2 Å². The minimum atomic E-state index is 0.377. The first-order chi connectivity index (χ1) is 8.17. The van der Waals surface area contributed by atoms with E-state index < -0.39 is 0 Å². The van der Waals surface area contributed by atoms with E-state index in [0.717, 1.165) is 32.7 Å². The summed E-state index contributed by atoms with van der Waals surface area (Å²) in [6, 6.07) is 0. The molecule has 100 valence electrons. The molecule has 0 fully saturated rings. The summed E-state index contributed by atoms with van der Waals surface area (Å²) in [7, 11) is 0. The molecule has 17 heavy (non-hydrogen) atoms. The van der Waals surface area contributed by atoms with E-state index >= 15 is 0 Å². The molecular weight excluding hydrogens is 208 g/mol. The molecule has 2 heteroatoms. The average molecular weight is 238 g/mol. The first kappa shape index (κ1) is 16.4. The molecule has 0 aromatic heterocycles. The monoisotopic (exact) mass is 238 g/mol.